The molecule has 1 aliphatic heterocycles. The van der Waals surface area contributed by atoms with Crippen LogP contribution in [0, 0.1) is 6.92 Å². The minimum Gasteiger partial charge on any atom is -0.312 e. The van der Waals surface area contributed by atoms with Crippen LogP contribution in [0.25, 0.3) is 0 Å². The molecule has 1 aromatic rings. The van der Waals surface area contributed by atoms with Gasteiger partial charge in [-0.1, -0.05) is 18.2 Å². The average Bonchev–Trinajstić information content (AvgIpc) is 2.19. The summed E-state index contributed by atoms with van der Waals surface area (Å²) in [5.41, 5.74) is 4.47. The maximum Gasteiger partial charge on any atom is 0.0211 e. The van der Waals surface area contributed by atoms with E-state index in [0.717, 1.165) is 19.6 Å². The SMILES string of the molecule is Cc1cccc2c1CNCC2CN(C)C. The number of hydrogen-bond acceptors (Lipinski definition) is 2. The summed E-state index contributed by atoms with van der Waals surface area (Å²) in [6, 6.07) is 6.68. The van der Waals surface area contributed by atoms with Crippen LogP contribution in [-0.2, 0) is 6.54 Å². The normalized spacial score (nSPS) is 20.4. The Morgan fingerprint density at radius 2 is 2.20 bits per heavy atom. The van der Waals surface area contributed by atoms with E-state index in [4.69, 9.17) is 0 Å². The highest BCUT2D eigenvalue weighted by atomic mass is 15.1. The third kappa shape index (κ3) is 2.21. The smallest absolute Gasteiger partial charge is 0.0211 e. The Morgan fingerprint density at radius 1 is 1.40 bits per heavy atom. The molecule has 0 bridgehead atoms. The first-order valence-electron chi connectivity index (χ1n) is 5.62. The first kappa shape index (κ1) is 10.7. The number of nitrogens with one attached hydrogen (secondary N) is 1. The highest BCUT2D eigenvalue weighted by Crippen LogP contribution is 2.26. The molecule has 2 heteroatoms. The highest BCUT2D eigenvalue weighted by Gasteiger charge is 2.20. The molecule has 2 rings (SSSR count). The molecular formula is C13H20N2. The van der Waals surface area contributed by atoms with Crippen LogP contribution in [0.2, 0.25) is 0 Å². The fourth-order valence-electron chi connectivity index (χ4n) is 2.43. The summed E-state index contributed by atoms with van der Waals surface area (Å²) >= 11 is 0. The summed E-state index contributed by atoms with van der Waals surface area (Å²) in [4.78, 5) is 2.27. The van der Waals surface area contributed by atoms with Gasteiger partial charge in [-0.2, -0.15) is 0 Å². The average molecular weight is 204 g/mol. The van der Waals surface area contributed by atoms with Gasteiger partial charge in [0.2, 0.25) is 0 Å². The maximum absolute atomic E-state index is 3.51. The number of rotatable bonds is 2. The fourth-order valence-corrected chi connectivity index (χ4v) is 2.43. The van der Waals surface area contributed by atoms with E-state index in [2.05, 4.69) is 49.4 Å². The van der Waals surface area contributed by atoms with Crippen LogP contribution in [-0.4, -0.2) is 32.1 Å². The lowest BCUT2D eigenvalue weighted by atomic mass is 9.88. The molecule has 1 N–H and O–H groups in total. The van der Waals surface area contributed by atoms with E-state index in [-0.39, 0.29) is 0 Å². The molecule has 0 fully saturated rings. The first-order chi connectivity index (χ1) is 7.18. The van der Waals surface area contributed by atoms with Gasteiger partial charge in [-0.15, -0.1) is 0 Å². The van der Waals surface area contributed by atoms with Crippen molar-refractivity contribution in [2.24, 2.45) is 0 Å². The van der Waals surface area contributed by atoms with Gasteiger partial charge in [0.1, 0.15) is 0 Å². The predicted molar refractivity (Wildman–Crippen MR) is 64.2 cm³/mol. The van der Waals surface area contributed by atoms with Gasteiger partial charge in [0.05, 0.1) is 0 Å². The molecule has 0 spiro atoms. The first-order valence-corrected chi connectivity index (χ1v) is 5.62. The molecule has 1 unspecified atom stereocenters. The van der Waals surface area contributed by atoms with Gasteiger partial charge in [-0.05, 0) is 37.7 Å². The zero-order chi connectivity index (χ0) is 10.8. The Kier molecular flexibility index (Phi) is 3.08. The maximum atomic E-state index is 3.51. The molecule has 0 aromatic heterocycles. The van der Waals surface area contributed by atoms with Gasteiger partial charge in [-0.25, -0.2) is 0 Å². The molecule has 0 saturated heterocycles. The van der Waals surface area contributed by atoms with Gasteiger partial charge in [-0.3, -0.25) is 0 Å². The van der Waals surface area contributed by atoms with Crippen LogP contribution in [0.3, 0.4) is 0 Å². The summed E-state index contributed by atoms with van der Waals surface area (Å²) < 4.78 is 0. The molecule has 0 radical (unpaired) electrons. The van der Waals surface area contributed by atoms with Crippen molar-refractivity contribution in [1.82, 2.24) is 10.2 Å². The monoisotopic (exact) mass is 204 g/mol. The lowest BCUT2D eigenvalue weighted by Crippen LogP contribution is -2.34. The van der Waals surface area contributed by atoms with Gasteiger partial charge >= 0.3 is 0 Å². The van der Waals surface area contributed by atoms with E-state index in [1.165, 1.54) is 11.1 Å². The molecule has 82 valence electrons. The summed E-state index contributed by atoms with van der Waals surface area (Å²) in [5, 5.41) is 3.51. The topological polar surface area (TPSA) is 15.3 Å². The zero-order valence-electron chi connectivity index (χ0n) is 9.88. The Morgan fingerprint density at radius 3 is 2.93 bits per heavy atom. The third-order valence-corrected chi connectivity index (χ3v) is 3.16. The highest BCUT2D eigenvalue weighted by molar-refractivity contribution is 5.38. The molecule has 0 aliphatic carbocycles. The van der Waals surface area contributed by atoms with E-state index in [0.29, 0.717) is 5.92 Å². The second kappa shape index (κ2) is 4.33. The van der Waals surface area contributed by atoms with Crippen molar-refractivity contribution in [2.75, 3.05) is 27.2 Å². The fraction of sp³-hybridized carbons (Fsp3) is 0.538. The minimum atomic E-state index is 0.642. The van der Waals surface area contributed by atoms with Gasteiger partial charge < -0.3 is 10.2 Å². The Labute approximate surface area is 92.3 Å². The minimum absolute atomic E-state index is 0.642. The second-order valence-electron chi connectivity index (χ2n) is 4.73. The number of fused-ring (bicyclic) bond motifs is 1. The number of likely N-dealkylation sites (N-methyl/N-ethyl adjacent to an activating group) is 1. The summed E-state index contributed by atoms with van der Waals surface area (Å²) in [6.07, 6.45) is 0. The zero-order valence-corrected chi connectivity index (χ0v) is 9.88. The van der Waals surface area contributed by atoms with Crippen LogP contribution in [0.4, 0.5) is 0 Å². The van der Waals surface area contributed by atoms with E-state index in [9.17, 15) is 0 Å². The molecule has 0 saturated carbocycles. The van der Waals surface area contributed by atoms with Gasteiger partial charge in [0.15, 0.2) is 0 Å². The van der Waals surface area contributed by atoms with Gasteiger partial charge in [0, 0.05) is 25.6 Å². The van der Waals surface area contributed by atoms with Crippen molar-refractivity contribution in [2.45, 2.75) is 19.4 Å². The number of nitrogens with zero attached hydrogens (tertiary/aromatic N) is 1. The van der Waals surface area contributed by atoms with E-state index in [1.54, 1.807) is 5.56 Å². The quantitative estimate of drug-likeness (QED) is 0.789. The van der Waals surface area contributed by atoms with E-state index >= 15 is 0 Å². The summed E-state index contributed by atoms with van der Waals surface area (Å²) in [7, 11) is 4.29. The van der Waals surface area contributed by atoms with Crippen LogP contribution >= 0.6 is 0 Å². The molecule has 1 atom stereocenters. The Balaban J connectivity index is 2.30. The van der Waals surface area contributed by atoms with Gasteiger partial charge in [0.25, 0.3) is 0 Å². The molecule has 1 aliphatic rings. The predicted octanol–water partition coefficient (Wildman–Crippen LogP) is 1.74. The molecule has 2 nitrogen and oxygen atoms in total. The van der Waals surface area contributed by atoms with Crippen LogP contribution in [0.1, 0.15) is 22.6 Å². The van der Waals surface area contributed by atoms with Crippen molar-refractivity contribution < 1.29 is 0 Å². The second-order valence-corrected chi connectivity index (χ2v) is 4.73. The number of benzene rings is 1. The Hall–Kier alpha value is -0.860. The third-order valence-electron chi connectivity index (χ3n) is 3.16. The van der Waals surface area contributed by atoms with Crippen molar-refractivity contribution in [3.05, 3.63) is 34.9 Å². The largest absolute Gasteiger partial charge is 0.312 e. The van der Waals surface area contributed by atoms with Crippen molar-refractivity contribution in [3.63, 3.8) is 0 Å². The van der Waals surface area contributed by atoms with Crippen LogP contribution in [0.15, 0.2) is 18.2 Å². The molecule has 1 heterocycles. The molecular weight excluding hydrogens is 184 g/mol. The van der Waals surface area contributed by atoms with E-state index in [1.807, 2.05) is 0 Å². The van der Waals surface area contributed by atoms with Crippen LogP contribution < -0.4 is 5.32 Å². The molecule has 1 aromatic carbocycles. The number of hydrogen-bond donors (Lipinski definition) is 1. The lowest BCUT2D eigenvalue weighted by molar-refractivity contribution is 0.355. The van der Waals surface area contributed by atoms with Crippen molar-refractivity contribution in [3.8, 4) is 0 Å². The van der Waals surface area contributed by atoms with Crippen LogP contribution in [0.5, 0.6) is 0 Å². The summed E-state index contributed by atoms with van der Waals surface area (Å²) in [5.74, 6) is 0.642. The molecule has 15 heavy (non-hydrogen) atoms. The standard InChI is InChI=1S/C13H20N2/c1-10-5-4-6-12-11(9-15(2)3)7-14-8-13(10)12/h4-6,11,14H,7-9H2,1-3H3. The Bertz CT molecular complexity index is 344. The number of aryl methyl sites for hydroxylation is 1. The van der Waals surface area contributed by atoms with Crippen molar-refractivity contribution >= 4 is 0 Å². The van der Waals surface area contributed by atoms with Crippen molar-refractivity contribution in [1.29, 1.82) is 0 Å². The van der Waals surface area contributed by atoms with E-state index < -0.39 is 0 Å². The lowest BCUT2D eigenvalue weighted by Gasteiger charge is -2.29. The molecule has 0 amide bonds. The summed E-state index contributed by atoms with van der Waals surface area (Å²) in [6.45, 7) is 5.47.